The summed E-state index contributed by atoms with van der Waals surface area (Å²) in [6, 6.07) is 11.7. The lowest BCUT2D eigenvalue weighted by atomic mass is 10.2. The van der Waals surface area contributed by atoms with Crippen LogP contribution in [0.5, 0.6) is 0 Å². The van der Waals surface area contributed by atoms with Crippen molar-refractivity contribution in [1.82, 2.24) is 9.21 Å². The maximum atomic E-state index is 12.8. The Kier molecular flexibility index (Phi) is 8.18. The molecule has 1 aliphatic heterocycles. The second-order valence-corrected chi connectivity index (χ2v) is 12.4. The molecule has 0 aliphatic carbocycles. The van der Waals surface area contributed by atoms with Crippen LogP contribution >= 0.6 is 0 Å². The first-order valence-corrected chi connectivity index (χ1v) is 14.4. The molecular weight excluding hydrogens is 492 g/mol. The summed E-state index contributed by atoms with van der Waals surface area (Å²) >= 11 is 0. The van der Waals surface area contributed by atoms with E-state index in [1.54, 1.807) is 14.1 Å². The molecule has 0 bridgehead atoms. The van der Waals surface area contributed by atoms with Crippen LogP contribution in [0.25, 0.3) is 0 Å². The van der Waals surface area contributed by atoms with Gasteiger partial charge in [0.15, 0.2) is 0 Å². The molecule has 0 unspecified atom stereocenters. The van der Waals surface area contributed by atoms with Crippen LogP contribution in [0.3, 0.4) is 0 Å². The number of amides is 2. The Morgan fingerprint density at radius 1 is 0.886 bits per heavy atom. The molecule has 1 N–H and O–H groups in total. The average Bonchev–Trinajstić information content (AvgIpc) is 2.82. The zero-order chi connectivity index (χ0) is 25.8. The lowest BCUT2D eigenvalue weighted by molar-refractivity contribution is -0.114. The lowest BCUT2D eigenvalue weighted by Crippen LogP contribution is -2.37. The van der Waals surface area contributed by atoms with Crippen molar-refractivity contribution in [2.45, 2.75) is 24.2 Å². The summed E-state index contributed by atoms with van der Waals surface area (Å²) in [6.07, 6.45) is 3.66. The third-order valence-corrected chi connectivity index (χ3v) is 8.64. The van der Waals surface area contributed by atoms with Crippen LogP contribution in [0.1, 0.15) is 29.6 Å². The molecule has 190 valence electrons. The van der Waals surface area contributed by atoms with E-state index < -0.39 is 32.5 Å². The first-order chi connectivity index (χ1) is 16.4. The first-order valence-electron chi connectivity index (χ1n) is 11.1. The number of anilines is 2. The van der Waals surface area contributed by atoms with Crippen molar-refractivity contribution in [2.24, 2.45) is 0 Å². The van der Waals surface area contributed by atoms with Gasteiger partial charge in [-0.2, -0.15) is 4.31 Å². The van der Waals surface area contributed by atoms with Gasteiger partial charge in [0.05, 0.1) is 16.8 Å². The number of piperidine rings is 1. The van der Waals surface area contributed by atoms with E-state index in [0.717, 1.165) is 29.8 Å². The molecule has 2 aromatic rings. The van der Waals surface area contributed by atoms with Crippen molar-refractivity contribution in [3.05, 3.63) is 54.1 Å². The molecule has 0 radical (unpaired) electrons. The molecule has 12 heteroatoms. The largest absolute Gasteiger partial charge is 0.345 e. The van der Waals surface area contributed by atoms with Gasteiger partial charge in [-0.15, -0.1) is 0 Å². The quantitative estimate of drug-likeness (QED) is 0.565. The van der Waals surface area contributed by atoms with Crippen LogP contribution in [-0.4, -0.2) is 77.8 Å². The van der Waals surface area contributed by atoms with Crippen LogP contribution in [0.4, 0.5) is 11.4 Å². The average molecular weight is 523 g/mol. The zero-order valence-electron chi connectivity index (χ0n) is 20.0. The number of nitrogens with zero attached hydrogens (tertiary/aromatic N) is 3. The van der Waals surface area contributed by atoms with Crippen molar-refractivity contribution >= 4 is 43.2 Å². The fourth-order valence-corrected chi connectivity index (χ4v) is 6.10. The molecule has 2 aromatic carbocycles. The maximum absolute atomic E-state index is 12.8. The van der Waals surface area contributed by atoms with Crippen LogP contribution in [0.15, 0.2) is 53.4 Å². The Morgan fingerprint density at radius 3 is 1.97 bits per heavy atom. The lowest BCUT2D eigenvalue weighted by Gasteiger charge is -2.26. The highest BCUT2D eigenvalue weighted by Gasteiger charge is 2.26. The molecule has 1 aliphatic rings. The van der Waals surface area contributed by atoms with Crippen LogP contribution < -0.4 is 9.62 Å². The van der Waals surface area contributed by atoms with Gasteiger partial charge >= 0.3 is 0 Å². The van der Waals surface area contributed by atoms with Gasteiger partial charge in [0, 0.05) is 38.4 Å². The first kappa shape index (κ1) is 26.6. The van der Waals surface area contributed by atoms with Gasteiger partial charge < -0.3 is 10.2 Å². The van der Waals surface area contributed by atoms with Crippen molar-refractivity contribution in [3.8, 4) is 0 Å². The SMILES string of the molecule is CN(C)C(=O)c1ccc(N(CC(=O)Nc2ccc(S(=O)(=O)N3CCCCC3)cc2)S(C)(=O)=O)cc1. The molecule has 10 nitrogen and oxygen atoms in total. The number of rotatable bonds is 8. The topological polar surface area (TPSA) is 124 Å². The van der Waals surface area contributed by atoms with Gasteiger partial charge in [0.2, 0.25) is 26.0 Å². The summed E-state index contributed by atoms with van der Waals surface area (Å²) in [7, 11) is -4.17. The number of benzene rings is 2. The number of carbonyl (C=O) groups excluding carboxylic acids is 2. The highest BCUT2D eigenvalue weighted by molar-refractivity contribution is 7.92. The highest BCUT2D eigenvalue weighted by Crippen LogP contribution is 2.23. The van der Waals surface area contributed by atoms with Crippen molar-refractivity contribution in [1.29, 1.82) is 0 Å². The highest BCUT2D eigenvalue weighted by atomic mass is 32.2. The standard InChI is InChI=1S/C23H30N4O6S2/c1-25(2)23(29)18-7-11-20(12-8-18)27(34(3,30)31)17-22(28)24-19-9-13-21(14-10-19)35(32,33)26-15-5-4-6-16-26/h7-14H,4-6,15-17H2,1-3H3,(H,24,28). The van der Waals surface area contributed by atoms with Crippen LogP contribution in [0.2, 0.25) is 0 Å². The number of sulfonamides is 2. The van der Waals surface area contributed by atoms with Gasteiger partial charge in [0.1, 0.15) is 6.54 Å². The predicted molar refractivity (Wildman–Crippen MR) is 134 cm³/mol. The van der Waals surface area contributed by atoms with Gasteiger partial charge in [-0.3, -0.25) is 13.9 Å². The molecule has 0 aromatic heterocycles. The Hall–Kier alpha value is -2.96. The molecule has 1 saturated heterocycles. The van der Waals surface area contributed by atoms with Crippen LogP contribution in [0, 0.1) is 0 Å². The van der Waals surface area contributed by atoms with Crippen molar-refractivity contribution in [2.75, 3.05) is 49.6 Å². The second kappa shape index (κ2) is 10.8. The van der Waals surface area contributed by atoms with Gasteiger partial charge in [-0.1, -0.05) is 6.42 Å². The normalized spacial score (nSPS) is 14.8. The molecule has 2 amide bonds. The van der Waals surface area contributed by atoms with E-state index in [4.69, 9.17) is 0 Å². The summed E-state index contributed by atoms with van der Waals surface area (Å²) in [6.45, 7) is 0.493. The summed E-state index contributed by atoms with van der Waals surface area (Å²) in [5.41, 5.74) is 0.963. The van der Waals surface area contributed by atoms with E-state index in [-0.39, 0.29) is 16.5 Å². The summed E-state index contributed by atoms with van der Waals surface area (Å²) in [4.78, 5) is 26.2. The van der Waals surface area contributed by atoms with E-state index in [2.05, 4.69) is 5.32 Å². The number of hydrogen-bond acceptors (Lipinski definition) is 6. The third-order valence-electron chi connectivity index (χ3n) is 5.59. The van der Waals surface area contributed by atoms with E-state index in [9.17, 15) is 26.4 Å². The maximum Gasteiger partial charge on any atom is 0.253 e. The summed E-state index contributed by atoms with van der Waals surface area (Å²) in [5.74, 6) is -0.832. The van der Waals surface area contributed by atoms with Gasteiger partial charge in [-0.05, 0) is 61.4 Å². The number of carbonyl (C=O) groups is 2. The van der Waals surface area contributed by atoms with Crippen LogP contribution in [-0.2, 0) is 24.8 Å². The predicted octanol–water partition coefficient (Wildman–Crippen LogP) is 1.97. The Bertz CT molecular complexity index is 1270. The third kappa shape index (κ3) is 6.59. The van der Waals surface area contributed by atoms with Crippen molar-refractivity contribution in [3.63, 3.8) is 0 Å². The molecular formula is C23H30N4O6S2. The Morgan fingerprint density at radius 2 is 1.46 bits per heavy atom. The number of nitrogens with one attached hydrogen (secondary N) is 1. The minimum Gasteiger partial charge on any atom is -0.345 e. The van der Waals surface area contributed by atoms with Crippen molar-refractivity contribution < 1.29 is 26.4 Å². The van der Waals surface area contributed by atoms with E-state index in [1.165, 1.54) is 57.7 Å². The van der Waals surface area contributed by atoms with E-state index in [0.29, 0.717) is 24.3 Å². The fourth-order valence-electron chi connectivity index (χ4n) is 3.72. The smallest absolute Gasteiger partial charge is 0.253 e. The Balaban J connectivity index is 1.71. The Labute approximate surface area is 206 Å². The zero-order valence-corrected chi connectivity index (χ0v) is 21.6. The molecule has 1 fully saturated rings. The second-order valence-electron chi connectivity index (χ2n) is 8.55. The monoisotopic (exact) mass is 522 g/mol. The molecule has 0 saturated carbocycles. The van der Waals surface area contributed by atoms with E-state index >= 15 is 0 Å². The molecule has 0 atom stereocenters. The molecule has 35 heavy (non-hydrogen) atoms. The summed E-state index contributed by atoms with van der Waals surface area (Å²) < 4.78 is 52.7. The van der Waals surface area contributed by atoms with Gasteiger partial charge in [-0.25, -0.2) is 16.8 Å². The molecule has 0 spiro atoms. The minimum absolute atomic E-state index is 0.141. The number of hydrogen-bond donors (Lipinski definition) is 1. The van der Waals surface area contributed by atoms with E-state index in [1.807, 2.05) is 0 Å². The minimum atomic E-state index is -3.80. The summed E-state index contributed by atoms with van der Waals surface area (Å²) in [5, 5.41) is 2.60. The fraction of sp³-hybridized carbons (Fsp3) is 0.391. The van der Waals surface area contributed by atoms with Gasteiger partial charge in [0.25, 0.3) is 5.91 Å². The molecule has 1 heterocycles. The molecule has 3 rings (SSSR count).